The molecular formula is C19H14Cl2N2O3S. The lowest BCUT2D eigenvalue weighted by molar-refractivity contribution is 0.102. The smallest absolute Gasteiger partial charge is 0.261 e. The Balaban J connectivity index is 1.80. The summed E-state index contributed by atoms with van der Waals surface area (Å²) in [5.41, 5.74) is 0.989. The fraction of sp³-hybridized carbons (Fsp3) is 0. The molecule has 0 saturated carbocycles. The molecule has 0 heterocycles. The minimum absolute atomic E-state index is 0.133. The quantitative estimate of drug-likeness (QED) is 0.606. The van der Waals surface area contributed by atoms with Gasteiger partial charge in [0.15, 0.2) is 0 Å². The standard InChI is InChI=1S/C19H14Cl2N2O3S/c20-14-10-15(21)12-17(11-14)22-19(24)13-5-4-6-16(9-13)23-27(25,26)18-7-2-1-3-8-18/h1-12,23H,(H,22,24). The molecular weight excluding hydrogens is 407 g/mol. The van der Waals surface area contributed by atoms with Crippen LogP contribution in [0.5, 0.6) is 0 Å². The first-order valence-corrected chi connectivity index (χ1v) is 10.0. The molecule has 0 saturated heterocycles. The van der Waals surface area contributed by atoms with Gasteiger partial charge in [0.1, 0.15) is 0 Å². The number of hydrogen-bond donors (Lipinski definition) is 2. The first kappa shape index (κ1) is 19.2. The lowest BCUT2D eigenvalue weighted by Crippen LogP contribution is -2.15. The number of hydrogen-bond acceptors (Lipinski definition) is 3. The van der Waals surface area contributed by atoms with E-state index in [1.807, 2.05) is 0 Å². The molecule has 0 unspecified atom stereocenters. The van der Waals surface area contributed by atoms with Crippen molar-refractivity contribution in [1.82, 2.24) is 0 Å². The molecule has 3 rings (SSSR count). The summed E-state index contributed by atoms with van der Waals surface area (Å²) >= 11 is 11.8. The molecule has 0 atom stereocenters. The second-order valence-corrected chi connectivity index (χ2v) is 8.17. The van der Waals surface area contributed by atoms with Gasteiger partial charge in [0.25, 0.3) is 15.9 Å². The molecule has 3 aromatic carbocycles. The highest BCUT2D eigenvalue weighted by molar-refractivity contribution is 7.92. The Bertz CT molecular complexity index is 1070. The van der Waals surface area contributed by atoms with Crippen molar-refractivity contribution in [3.63, 3.8) is 0 Å². The summed E-state index contributed by atoms with van der Waals surface area (Å²) in [4.78, 5) is 12.6. The Morgan fingerprint density at radius 2 is 1.44 bits per heavy atom. The normalized spacial score (nSPS) is 11.0. The van der Waals surface area contributed by atoms with E-state index in [4.69, 9.17) is 23.2 Å². The molecule has 8 heteroatoms. The summed E-state index contributed by atoms with van der Waals surface area (Å²) in [6, 6.07) is 18.8. The Labute approximate surface area is 167 Å². The zero-order chi connectivity index (χ0) is 19.4. The Kier molecular flexibility index (Phi) is 5.70. The highest BCUT2D eigenvalue weighted by Crippen LogP contribution is 2.23. The molecule has 138 valence electrons. The molecule has 0 aliphatic heterocycles. The van der Waals surface area contributed by atoms with Gasteiger partial charge in [0, 0.05) is 27.0 Å². The molecule has 0 aromatic heterocycles. The average molecular weight is 421 g/mol. The van der Waals surface area contributed by atoms with Gasteiger partial charge in [-0.2, -0.15) is 0 Å². The van der Waals surface area contributed by atoms with Crippen molar-refractivity contribution in [2.24, 2.45) is 0 Å². The molecule has 1 amide bonds. The van der Waals surface area contributed by atoms with E-state index in [9.17, 15) is 13.2 Å². The third kappa shape index (κ3) is 5.01. The Morgan fingerprint density at radius 3 is 2.11 bits per heavy atom. The maximum Gasteiger partial charge on any atom is 0.261 e. The number of halogens is 2. The van der Waals surface area contributed by atoms with E-state index in [-0.39, 0.29) is 16.1 Å². The van der Waals surface area contributed by atoms with Gasteiger partial charge < -0.3 is 5.32 Å². The van der Waals surface area contributed by atoms with Gasteiger partial charge in [-0.3, -0.25) is 9.52 Å². The summed E-state index contributed by atoms with van der Waals surface area (Å²) in [6.07, 6.45) is 0. The SMILES string of the molecule is O=C(Nc1cc(Cl)cc(Cl)c1)c1cccc(NS(=O)(=O)c2ccccc2)c1. The van der Waals surface area contributed by atoms with Gasteiger partial charge in [-0.15, -0.1) is 0 Å². The van der Waals surface area contributed by atoms with Crippen molar-refractivity contribution < 1.29 is 13.2 Å². The van der Waals surface area contributed by atoms with Gasteiger partial charge in [-0.25, -0.2) is 8.42 Å². The minimum Gasteiger partial charge on any atom is -0.322 e. The summed E-state index contributed by atoms with van der Waals surface area (Å²) in [5, 5.41) is 3.46. The van der Waals surface area contributed by atoms with Crippen molar-refractivity contribution in [2.45, 2.75) is 4.90 Å². The molecule has 0 spiro atoms. The third-order valence-corrected chi connectivity index (χ3v) is 5.38. The van der Waals surface area contributed by atoms with E-state index in [1.165, 1.54) is 18.2 Å². The van der Waals surface area contributed by atoms with Crippen LogP contribution in [0.4, 0.5) is 11.4 Å². The fourth-order valence-electron chi connectivity index (χ4n) is 2.37. The number of carbonyl (C=O) groups excluding carboxylic acids is 1. The van der Waals surface area contributed by atoms with E-state index in [0.29, 0.717) is 15.7 Å². The van der Waals surface area contributed by atoms with Gasteiger partial charge in [0.05, 0.1) is 4.90 Å². The topological polar surface area (TPSA) is 75.3 Å². The highest BCUT2D eigenvalue weighted by Gasteiger charge is 2.15. The molecule has 27 heavy (non-hydrogen) atoms. The maximum absolute atomic E-state index is 12.4. The van der Waals surface area contributed by atoms with Gasteiger partial charge in [-0.1, -0.05) is 47.5 Å². The van der Waals surface area contributed by atoms with Crippen LogP contribution < -0.4 is 10.0 Å². The molecule has 0 aliphatic carbocycles. The van der Waals surface area contributed by atoms with Crippen LogP contribution in [0, 0.1) is 0 Å². The monoisotopic (exact) mass is 420 g/mol. The molecule has 0 fully saturated rings. The van der Waals surface area contributed by atoms with Crippen molar-refractivity contribution in [1.29, 1.82) is 0 Å². The molecule has 2 N–H and O–H groups in total. The van der Waals surface area contributed by atoms with Crippen molar-refractivity contribution in [3.8, 4) is 0 Å². The second-order valence-electron chi connectivity index (χ2n) is 5.61. The van der Waals surface area contributed by atoms with E-state index in [0.717, 1.165) is 0 Å². The lowest BCUT2D eigenvalue weighted by atomic mass is 10.2. The number of anilines is 2. The predicted octanol–water partition coefficient (Wildman–Crippen LogP) is 5.05. The second kappa shape index (κ2) is 8.00. The first-order chi connectivity index (χ1) is 12.8. The Morgan fingerprint density at radius 1 is 0.778 bits per heavy atom. The number of amides is 1. The van der Waals surface area contributed by atoms with Gasteiger partial charge in [0.2, 0.25) is 0 Å². The van der Waals surface area contributed by atoms with E-state index < -0.39 is 15.9 Å². The number of benzene rings is 3. The van der Waals surface area contributed by atoms with Crippen LogP contribution in [0.25, 0.3) is 0 Å². The third-order valence-electron chi connectivity index (χ3n) is 3.55. The Hall–Kier alpha value is -2.54. The van der Waals surface area contributed by atoms with E-state index in [2.05, 4.69) is 10.0 Å². The van der Waals surface area contributed by atoms with E-state index in [1.54, 1.807) is 54.6 Å². The number of sulfonamides is 1. The summed E-state index contributed by atoms with van der Waals surface area (Å²) in [7, 11) is -3.74. The number of nitrogens with one attached hydrogen (secondary N) is 2. The van der Waals surface area contributed by atoms with Crippen molar-refractivity contribution in [2.75, 3.05) is 10.0 Å². The highest BCUT2D eigenvalue weighted by atomic mass is 35.5. The summed E-state index contributed by atoms with van der Waals surface area (Å²) < 4.78 is 27.3. The zero-order valence-corrected chi connectivity index (χ0v) is 16.1. The van der Waals surface area contributed by atoms with Crippen LogP contribution >= 0.6 is 23.2 Å². The largest absolute Gasteiger partial charge is 0.322 e. The van der Waals surface area contributed by atoms with Crippen molar-refractivity contribution >= 4 is 50.5 Å². The molecule has 3 aromatic rings. The van der Waals surface area contributed by atoms with Gasteiger partial charge in [-0.05, 0) is 48.5 Å². The van der Waals surface area contributed by atoms with E-state index >= 15 is 0 Å². The minimum atomic E-state index is -3.74. The lowest BCUT2D eigenvalue weighted by Gasteiger charge is -2.10. The summed E-state index contributed by atoms with van der Waals surface area (Å²) in [5.74, 6) is -0.422. The predicted molar refractivity (Wildman–Crippen MR) is 108 cm³/mol. The van der Waals surface area contributed by atoms with Crippen LogP contribution in [0.3, 0.4) is 0 Å². The van der Waals surface area contributed by atoms with Crippen LogP contribution in [0.1, 0.15) is 10.4 Å². The van der Waals surface area contributed by atoms with Crippen LogP contribution in [-0.2, 0) is 10.0 Å². The first-order valence-electron chi connectivity index (χ1n) is 7.79. The van der Waals surface area contributed by atoms with Gasteiger partial charge >= 0.3 is 0 Å². The molecule has 0 radical (unpaired) electrons. The zero-order valence-electron chi connectivity index (χ0n) is 13.8. The van der Waals surface area contributed by atoms with Crippen LogP contribution in [-0.4, -0.2) is 14.3 Å². The molecule has 0 aliphatic rings. The fourth-order valence-corrected chi connectivity index (χ4v) is 3.96. The number of rotatable bonds is 5. The maximum atomic E-state index is 12.4. The summed E-state index contributed by atoms with van der Waals surface area (Å²) in [6.45, 7) is 0. The van der Waals surface area contributed by atoms with Crippen LogP contribution in [0.2, 0.25) is 10.0 Å². The number of carbonyl (C=O) groups is 1. The van der Waals surface area contributed by atoms with Crippen LogP contribution in [0.15, 0.2) is 77.7 Å². The average Bonchev–Trinajstić information content (AvgIpc) is 2.61. The van der Waals surface area contributed by atoms with Crippen molar-refractivity contribution in [3.05, 3.63) is 88.4 Å². The molecule has 5 nitrogen and oxygen atoms in total. The molecule has 0 bridgehead atoms.